The van der Waals surface area contributed by atoms with E-state index in [0.717, 1.165) is 31.7 Å². The third kappa shape index (κ3) is 4.00. The lowest BCUT2D eigenvalue weighted by molar-refractivity contribution is 0.186. The molecular formula is C11H20Cl2N4. The van der Waals surface area contributed by atoms with Gasteiger partial charge in [-0.25, -0.2) is 4.98 Å². The molecule has 6 heteroatoms. The van der Waals surface area contributed by atoms with E-state index in [1.54, 1.807) is 6.20 Å². The fraction of sp³-hybridized carbons (Fsp3) is 0.545. The van der Waals surface area contributed by atoms with E-state index >= 15 is 0 Å². The monoisotopic (exact) mass is 278 g/mol. The number of halogens is 2. The van der Waals surface area contributed by atoms with Crippen molar-refractivity contribution in [1.29, 1.82) is 0 Å². The van der Waals surface area contributed by atoms with Crippen molar-refractivity contribution in [3.8, 4) is 0 Å². The van der Waals surface area contributed by atoms with Gasteiger partial charge in [0.25, 0.3) is 0 Å². The molecule has 1 saturated heterocycles. The Morgan fingerprint density at radius 2 is 2.00 bits per heavy atom. The van der Waals surface area contributed by atoms with Crippen LogP contribution in [0.4, 0.5) is 5.82 Å². The van der Waals surface area contributed by atoms with E-state index in [4.69, 9.17) is 5.73 Å². The quantitative estimate of drug-likeness (QED) is 0.861. The summed E-state index contributed by atoms with van der Waals surface area (Å²) in [5, 5.41) is 3.35. The molecular weight excluding hydrogens is 259 g/mol. The van der Waals surface area contributed by atoms with E-state index in [9.17, 15) is 0 Å². The number of hydrogen-bond acceptors (Lipinski definition) is 4. The lowest BCUT2D eigenvalue weighted by Gasteiger charge is -2.33. The lowest BCUT2D eigenvalue weighted by atomic mass is 10.1. The third-order valence-electron chi connectivity index (χ3n) is 3.02. The summed E-state index contributed by atoms with van der Waals surface area (Å²) in [7, 11) is 0. The van der Waals surface area contributed by atoms with Gasteiger partial charge in [-0.3, -0.25) is 4.90 Å². The standard InChI is InChI=1S/C11H18N4.2ClH/c1-9(15-7-5-13-6-8-15)10-3-2-4-14-11(10)12;;/h2-4,9,13H,5-8H2,1H3,(H2,12,14);2*1H/t9-;;/m1../s1. The molecule has 1 aromatic rings. The second kappa shape index (κ2) is 7.71. The van der Waals surface area contributed by atoms with Crippen LogP contribution in [0.15, 0.2) is 18.3 Å². The fourth-order valence-corrected chi connectivity index (χ4v) is 2.05. The number of nitrogens with two attached hydrogens (primary N) is 1. The van der Waals surface area contributed by atoms with Crippen molar-refractivity contribution in [3.63, 3.8) is 0 Å². The fourth-order valence-electron chi connectivity index (χ4n) is 2.05. The van der Waals surface area contributed by atoms with Gasteiger partial charge in [0, 0.05) is 44.0 Å². The van der Waals surface area contributed by atoms with Gasteiger partial charge in [0.1, 0.15) is 5.82 Å². The second-order valence-electron chi connectivity index (χ2n) is 3.94. The number of rotatable bonds is 2. The molecule has 0 spiro atoms. The predicted molar refractivity (Wildman–Crippen MR) is 76.0 cm³/mol. The van der Waals surface area contributed by atoms with Crippen molar-refractivity contribution < 1.29 is 0 Å². The van der Waals surface area contributed by atoms with Crippen molar-refractivity contribution >= 4 is 30.6 Å². The van der Waals surface area contributed by atoms with Crippen LogP contribution in [0.2, 0.25) is 0 Å². The highest BCUT2D eigenvalue weighted by molar-refractivity contribution is 5.85. The van der Waals surface area contributed by atoms with Crippen LogP contribution in [-0.4, -0.2) is 36.1 Å². The van der Waals surface area contributed by atoms with Gasteiger partial charge in [-0.15, -0.1) is 24.8 Å². The second-order valence-corrected chi connectivity index (χ2v) is 3.94. The summed E-state index contributed by atoms with van der Waals surface area (Å²) in [6, 6.07) is 4.38. The number of pyridine rings is 1. The number of anilines is 1. The number of aromatic nitrogens is 1. The molecule has 1 atom stereocenters. The maximum absolute atomic E-state index is 5.87. The van der Waals surface area contributed by atoms with Crippen LogP contribution in [0.1, 0.15) is 18.5 Å². The molecule has 0 amide bonds. The number of hydrogen-bond donors (Lipinski definition) is 2. The zero-order chi connectivity index (χ0) is 10.7. The lowest BCUT2D eigenvalue weighted by Crippen LogP contribution is -2.44. The Kier molecular flexibility index (Phi) is 7.46. The van der Waals surface area contributed by atoms with Crippen molar-refractivity contribution in [2.24, 2.45) is 0 Å². The van der Waals surface area contributed by atoms with Crippen molar-refractivity contribution in [2.45, 2.75) is 13.0 Å². The van der Waals surface area contributed by atoms with Gasteiger partial charge in [-0.2, -0.15) is 0 Å². The highest BCUT2D eigenvalue weighted by atomic mass is 35.5. The van der Waals surface area contributed by atoms with Gasteiger partial charge in [-0.05, 0) is 13.0 Å². The molecule has 0 unspecified atom stereocenters. The highest BCUT2D eigenvalue weighted by Crippen LogP contribution is 2.23. The predicted octanol–water partition coefficient (Wildman–Crippen LogP) is 1.47. The Morgan fingerprint density at radius 3 is 2.59 bits per heavy atom. The Balaban J connectivity index is 0.00000128. The van der Waals surface area contributed by atoms with E-state index in [0.29, 0.717) is 11.9 Å². The van der Waals surface area contributed by atoms with Crippen LogP contribution in [0.25, 0.3) is 0 Å². The molecule has 98 valence electrons. The summed E-state index contributed by atoms with van der Waals surface area (Å²) in [6.07, 6.45) is 1.74. The smallest absolute Gasteiger partial charge is 0.128 e. The molecule has 1 aliphatic heterocycles. The van der Waals surface area contributed by atoms with Crippen molar-refractivity contribution in [3.05, 3.63) is 23.9 Å². The minimum absolute atomic E-state index is 0. The number of nitrogen functional groups attached to an aromatic ring is 1. The van der Waals surface area contributed by atoms with Crippen LogP contribution in [-0.2, 0) is 0 Å². The Labute approximate surface area is 115 Å². The molecule has 3 N–H and O–H groups in total. The van der Waals surface area contributed by atoms with Gasteiger partial charge < -0.3 is 11.1 Å². The molecule has 0 saturated carbocycles. The molecule has 17 heavy (non-hydrogen) atoms. The molecule has 2 rings (SSSR count). The van der Waals surface area contributed by atoms with Gasteiger partial charge >= 0.3 is 0 Å². The van der Waals surface area contributed by atoms with Crippen LogP contribution < -0.4 is 11.1 Å². The van der Waals surface area contributed by atoms with Gasteiger partial charge in [0.15, 0.2) is 0 Å². The Hall–Kier alpha value is -0.550. The Morgan fingerprint density at radius 1 is 1.35 bits per heavy atom. The molecule has 2 heterocycles. The summed E-state index contributed by atoms with van der Waals surface area (Å²) in [5.74, 6) is 0.656. The maximum Gasteiger partial charge on any atom is 0.128 e. The van der Waals surface area contributed by atoms with E-state index < -0.39 is 0 Å². The van der Waals surface area contributed by atoms with Crippen molar-refractivity contribution in [2.75, 3.05) is 31.9 Å². The zero-order valence-electron chi connectivity index (χ0n) is 9.93. The summed E-state index contributed by atoms with van der Waals surface area (Å²) in [5.41, 5.74) is 7.01. The first-order valence-electron chi connectivity index (χ1n) is 5.44. The van der Waals surface area contributed by atoms with Crippen LogP contribution in [0, 0.1) is 0 Å². The maximum atomic E-state index is 5.87. The molecule has 0 bridgehead atoms. The molecule has 1 aromatic heterocycles. The number of piperazine rings is 1. The number of nitrogens with one attached hydrogen (secondary N) is 1. The molecule has 1 fully saturated rings. The average molecular weight is 279 g/mol. The molecule has 0 aliphatic carbocycles. The van der Waals surface area contributed by atoms with Crippen LogP contribution in [0.3, 0.4) is 0 Å². The minimum atomic E-state index is 0. The third-order valence-corrected chi connectivity index (χ3v) is 3.02. The molecule has 0 radical (unpaired) electrons. The van der Waals surface area contributed by atoms with E-state index in [-0.39, 0.29) is 24.8 Å². The van der Waals surface area contributed by atoms with E-state index in [1.165, 1.54) is 0 Å². The van der Waals surface area contributed by atoms with E-state index in [2.05, 4.69) is 28.2 Å². The topological polar surface area (TPSA) is 54.2 Å². The summed E-state index contributed by atoms with van der Waals surface area (Å²) in [4.78, 5) is 6.56. The molecule has 1 aliphatic rings. The van der Waals surface area contributed by atoms with E-state index in [1.807, 2.05) is 6.07 Å². The SMILES string of the molecule is C[C@H](c1cccnc1N)N1CCNCC1.Cl.Cl. The van der Waals surface area contributed by atoms with Crippen LogP contribution in [0.5, 0.6) is 0 Å². The highest BCUT2D eigenvalue weighted by Gasteiger charge is 2.19. The number of nitrogens with zero attached hydrogens (tertiary/aromatic N) is 2. The van der Waals surface area contributed by atoms with Gasteiger partial charge in [0.05, 0.1) is 0 Å². The molecule has 0 aromatic carbocycles. The Bertz CT molecular complexity index is 329. The summed E-state index contributed by atoms with van der Waals surface area (Å²) >= 11 is 0. The first kappa shape index (κ1) is 16.4. The first-order valence-corrected chi connectivity index (χ1v) is 5.44. The van der Waals surface area contributed by atoms with Crippen LogP contribution >= 0.6 is 24.8 Å². The first-order chi connectivity index (χ1) is 7.29. The average Bonchev–Trinajstić information content (AvgIpc) is 2.30. The molecule has 4 nitrogen and oxygen atoms in total. The summed E-state index contributed by atoms with van der Waals surface area (Å²) < 4.78 is 0. The normalized spacial score (nSPS) is 17.7. The van der Waals surface area contributed by atoms with Gasteiger partial charge in [-0.1, -0.05) is 6.07 Å². The zero-order valence-corrected chi connectivity index (χ0v) is 11.6. The van der Waals surface area contributed by atoms with Gasteiger partial charge in [0.2, 0.25) is 0 Å². The largest absolute Gasteiger partial charge is 0.383 e. The minimum Gasteiger partial charge on any atom is -0.383 e. The summed E-state index contributed by atoms with van der Waals surface area (Å²) in [6.45, 7) is 6.47. The van der Waals surface area contributed by atoms with Crippen molar-refractivity contribution in [1.82, 2.24) is 15.2 Å².